The minimum Gasteiger partial charge on any atom is -0.294 e. The molecular weight excluding hydrogens is 228 g/mol. The van der Waals surface area contributed by atoms with Gasteiger partial charge in [-0.1, -0.05) is 36.4 Å². The summed E-state index contributed by atoms with van der Waals surface area (Å²) in [7, 11) is 0. The second kappa shape index (κ2) is 6.36. The molecule has 0 spiro atoms. The largest absolute Gasteiger partial charge is 0.294 e. The first kappa shape index (κ1) is 12.1. The number of thiophene rings is 1. The number of carbonyl (C=O) groups excluding carboxylic acids is 1. The fourth-order valence-corrected chi connectivity index (χ4v) is 2.56. The number of ketones is 1. The van der Waals surface area contributed by atoms with Gasteiger partial charge in [0, 0.05) is 16.9 Å². The van der Waals surface area contributed by atoms with Crippen LogP contribution in [-0.2, 0) is 6.42 Å². The first-order valence-corrected chi connectivity index (χ1v) is 6.85. The van der Waals surface area contributed by atoms with E-state index in [9.17, 15) is 4.79 Å². The molecule has 0 N–H and O–H groups in total. The Morgan fingerprint density at radius 2 is 1.82 bits per heavy atom. The van der Waals surface area contributed by atoms with Crippen LogP contribution in [0.4, 0.5) is 0 Å². The van der Waals surface area contributed by atoms with E-state index in [4.69, 9.17) is 0 Å². The van der Waals surface area contributed by atoms with Crippen molar-refractivity contribution in [1.29, 1.82) is 0 Å². The summed E-state index contributed by atoms with van der Waals surface area (Å²) in [4.78, 5) is 13.2. The normalized spacial score (nSPS) is 10.4. The van der Waals surface area contributed by atoms with Gasteiger partial charge >= 0.3 is 0 Å². The summed E-state index contributed by atoms with van der Waals surface area (Å²) in [6, 6.07) is 13.8. The fraction of sp³-hybridized carbons (Fsp3) is 0.267. The third-order valence-electron chi connectivity index (χ3n) is 2.75. The average Bonchev–Trinajstić information content (AvgIpc) is 2.88. The molecule has 0 unspecified atom stereocenters. The highest BCUT2D eigenvalue weighted by Crippen LogP contribution is 2.13. The van der Waals surface area contributed by atoms with Crippen molar-refractivity contribution in [3.05, 3.63) is 58.3 Å². The van der Waals surface area contributed by atoms with Crippen molar-refractivity contribution in [2.45, 2.75) is 25.7 Å². The van der Waals surface area contributed by atoms with E-state index in [2.05, 4.69) is 17.5 Å². The van der Waals surface area contributed by atoms with Gasteiger partial charge in [-0.25, -0.2) is 0 Å². The highest BCUT2D eigenvalue weighted by molar-refractivity contribution is 7.09. The maximum atomic E-state index is 11.8. The number of hydrogen-bond donors (Lipinski definition) is 0. The predicted octanol–water partition coefficient (Wildman–Crippen LogP) is 4.34. The van der Waals surface area contributed by atoms with E-state index >= 15 is 0 Å². The Labute approximate surface area is 106 Å². The lowest BCUT2D eigenvalue weighted by atomic mass is 10.0. The number of carbonyl (C=O) groups is 1. The summed E-state index contributed by atoms with van der Waals surface area (Å²) in [5, 5.41) is 2.10. The fourth-order valence-electron chi connectivity index (χ4n) is 1.81. The summed E-state index contributed by atoms with van der Waals surface area (Å²) in [5.41, 5.74) is 0.837. The Bertz CT molecular complexity index is 445. The van der Waals surface area contributed by atoms with Crippen molar-refractivity contribution < 1.29 is 4.79 Å². The van der Waals surface area contributed by atoms with Gasteiger partial charge in [0.2, 0.25) is 0 Å². The Morgan fingerprint density at radius 1 is 1.00 bits per heavy atom. The zero-order valence-electron chi connectivity index (χ0n) is 9.76. The highest BCUT2D eigenvalue weighted by Gasteiger charge is 2.04. The smallest absolute Gasteiger partial charge is 0.162 e. The first-order valence-electron chi connectivity index (χ1n) is 5.97. The summed E-state index contributed by atoms with van der Waals surface area (Å²) < 4.78 is 0. The van der Waals surface area contributed by atoms with Gasteiger partial charge < -0.3 is 0 Å². The van der Waals surface area contributed by atoms with Crippen LogP contribution in [0.3, 0.4) is 0 Å². The number of rotatable bonds is 6. The van der Waals surface area contributed by atoms with E-state index in [1.54, 1.807) is 11.3 Å². The molecule has 1 nitrogen and oxygen atoms in total. The van der Waals surface area contributed by atoms with Gasteiger partial charge in [0.1, 0.15) is 0 Å². The standard InChI is InChI=1S/C15H16OS/c16-15(13-7-2-1-3-8-13)11-5-4-9-14-10-6-12-17-14/h1-3,6-8,10,12H,4-5,9,11H2. The molecule has 1 heterocycles. The molecule has 0 aliphatic rings. The van der Waals surface area contributed by atoms with Gasteiger partial charge in [-0.15, -0.1) is 11.3 Å². The molecular formula is C15H16OS. The van der Waals surface area contributed by atoms with Gasteiger partial charge in [0.25, 0.3) is 0 Å². The van der Waals surface area contributed by atoms with Crippen molar-refractivity contribution >= 4 is 17.1 Å². The van der Waals surface area contributed by atoms with Gasteiger partial charge in [-0.3, -0.25) is 4.79 Å². The molecule has 0 aliphatic carbocycles. The predicted molar refractivity (Wildman–Crippen MR) is 72.6 cm³/mol. The Hall–Kier alpha value is -1.41. The van der Waals surface area contributed by atoms with Gasteiger partial charge in [-0.2, -0.15) is 0 Å². The molecule has 0 saturated carbocycles. The van der Waals surface area contributed by atoms with E-state index in [0.29, 0.717) is 6.42 Å². The molecule has 0 radical (unpaired) electrons. The van der Waals surface area contributed by atoms with Crippen molar-refractivity contribution in [2.24, 2.45) is 0 Å². The van der Waals surface area contributed by atoms with Crippen molar-refractivity contribution in [3.63, 3.8) is 0 Å². The minimum absolute atomic E-state index is 0.261. The number of Topliss-reactive ketones (excluding diaryl/α,β-unsaturated/α-hetero) is 1. The van der Waals surface area contributed by atoms with Crippen LogP contribution in [-0.4, -0.2) is 5.78 Å². The lowest BCUT2D eigenvalue weighted by Gasteiger charge is -2.00. The molecule has 0 atom stereocenters. The summed E-state index contributed by atoms with van der Waals surface area (Å²) in [6.45, 7) is 0. The molecule has 2 heteroatoms. The zero-order valence-corrected chi connectivity index (χ0v) is 10.6. The van der Waals surface area contributed by atoms with Crippen LogP contribution in [0.25, 0.3) is 0 Å². The monoisotopic (exact) mass is 244 g/mol. The zero-order chi connectivity index (χ0) is 11.9. The quantitative estimate of drug-likeness (QED) is 0.545. The van der Waals surface area contributed by atoms with Crippen LogP contribution >= 0.6 is 11.3 Å². The highest BCUT2D eigenvalue weighted by atomic mass is 32.1. The Kier molecular flexibility index (Phi) is 4.51. The van der Waals surface area contributed by atoms with Crippen LogP contribution in [0.2, 0.25) is 0 Å². The first-order chi connectivity index (χ1) is 8.36. The van der Waals surface area contributed by atoms with Crippen LogP contribution in [0.15, 0.2) is 47.8 Å². The van der Waals surface area contributed by atoms with Crippen molar-refractivity contribution in [1.82, 2.24) is 0 Å². The summed E-state index contributed by atoms with van der Waals surface area (Å²) >= 11 is 1.79. The van der Waals surface area contributed by atoms with Crippen LogP contribution < -0.4 is 0 Å². The average molecular weight is 244 g/mol. The van der Waals surface area contributed by atoms with E-state index in [1.165, 1.54) is 4.88 Å². The second-order valence-electron chi connectivity index (χ2n) is 4.08. The molecule has 1 aromatic carbocycles. The SMILES string of the molecule is O=C(CCCCc1cccs1)c1ccccc1. The van der Waals surface area contributed by atoms with E-state index < -0.39 is 0 Å². The lowest BCUT2D eigenvalue weighted by Crippen LogP contribution is -1.98. The van der Waals surface area contributed by atoms with Gasteiger partial charge in [0.15, 0.2) is 5.78 Å². The van der Waals surface area contributed by atoms with Crippen molar-refractivity contribution in [3.8, 4) is 0 Å². The third-order valence-corrected chi connectivity index (χ3v) is 3.69. The number of unbranched alkanes of at least 4 members (excludes halogenated alkanes) is 1. The molecule has 0 amide bonds. The molecule has 2 rings (SSSR count). The maximum absolute atomic E-state index is 11.8. The molecule has 88 valence electrons. The summed E-state index contributed by atoms with van der Waals surface area (Å²) in [6.07, 6.45) is 3.83. The van der Waals surface area contributed by atoms with E-state index in [-0.39, 0.29) is 5.78 Å². The maximum Gasteiger partial charge on any atom is 0.162 e. The topological polar surface area (TPSA) is 17.1 Å². The molecule has 0 aliphatic heterocycles. The molecule has 2 aromatic rings. The molecule has 17 heavy (non-hydrogen) atoms. The second-order valence-corrected chi connectivity index (χ2v) is 5.11. The van der Waals surface area contributed by atoms with Crippen LogP contribution in [0.5, 0.6) is 0 Å². The van der Waals surface area contributed by atoms with Crippen molar-refractivity contribution in [2.75, 3.05) is 0 Å². The molecule has 0 fully saturated rings. The van der Waals surface area contributed by atoms with Crippen LogP contribution in [0.1, 0.15) is 34.5 Å². The Morgan fingerprint density at radius 3 is 2.53 bits per heavy atom. The Balaban J connectivity index is 1.70. The molecule has 0 bridgehead atoms. The van der Waals surface area contributed by atoms with Gasteiger partial charge in [-0.05, 0) is 30.7 Å². The van der Waals surface area contributed by atoms with Gasteiger partial charge in [0.05, 0.1) is 0 Å². The lowest BCUT2D eigenvalue weighted by molar-refractivity contribution is 0.0979. The number of benzene rings is 1. The number of hydrogen-bond acceptors (Lipinski definition) is 2. The van der Waals surface area contributed by atoms with E-state index in [0.717, 1.165) is 24.8 Å². The number of aryl methyl sites for hydroxylation is 1. The minimum atomic E-state index is 0.261. The molecule has 1 aromatic heterocycles. The summed E-state index contributed by atoms with van der Waals surface area (Å²) in [5.74, 6) is 0.261. The van der Waals surface area contributed by atoms with E-state index in [1.807, 2.05) is 30.3 Å². The molecule has 0 saturated heterocycles. The van der Waals surface area contributed by atoms with Crippen LogP contribution in [0, 0.1) is 0 Å². The third kappa shape index (κ3) is 3.82.